The molecule has 3 rings (SSSR count). The predicted molar refractivity (Wildman–Crippen MR) is 70.6 cm³/mol. The SMILES string of the molecule is O=C1CC(C(=O)N2CCc3cc(C(=O)O)ccc32)CN1. The highest BCUT2D eigenvalue weighted by Crippen LogP contribution is 2.31. The van der Waals surface area contributed by atoms with Gasteiger partial charge in [-0.2, -0.15) is 0 Å². The van der Waals surface area contributed by atoms with Crippen LogP contribution in [0.5, 0.6) is 0 Å². The summed E-state index contributed by atoms with van der Waals surface area (Å²) in [5, 5.41) is 11.6. The van der Waals surface area contributed by atoms with Crippen LogP contribution in [0, 0.1) is 5.92 Å². The number of carboxylic acids is 1. The fourth-order valence-corrected chi connectivity index (χ4v) is 2.76. The lowest BCUT2D eigenvalue weighted by Crippen LogP contribution is -2.35. The van der Waals surface area contributed by atoms with Crippen LogP contribution >= 0.6 is 0 Å². The molecule has 0 bridgehead atoms. The van der Waals surface area contributed by atoms with Crippen molar-refractivity contribution in [3.8, 4) is 0 Å². The third-order valence-corrected chi connectivity index (χ3v) is 3.81. The standard InChI is InChI=1S/C14H14N2O4/c17-12-6-10(7-15-12)13(18)16-4-3-8-5-9(14(19)20)1-2-11(8)16/h1-2,5,10H,3-4,6-7H2,(H,15,17)(H,19,20). The van der Waals surface area contributed by atoms with Gasteiger partial charge in [0, 0.05) is 25.2 Å². The van der Waals surface area contributed by atoms with Gasteiger partial charge in [0.25, 0.3) is 0 Å². The van der Waals surface area contributed by atoms with Crippen molar-refractivity contribution in [1.29, 1.82) is 0 Å². The normalized spacial score (nSPS) is 20.7. The maximum Gasteiger partial charge on any atom is 0.335 e. The molecule has 6 heteroatoms. The van der Waals surface area contributed by atoms with Gasteiger partial charge >= 0.3 is 5.97 Å². The van der Waals surface area contributed by atoms with E-state index in [-0.39, 0.29) is 29.7 Å². The molecule has 104 valence electrons. The predicted octanol–water partition coefficient (Wildman–Crippen LogP) is 0.410. The van der Waals surface area contributed by atoms with Crippen molar-refractivity contribution in [1.82, 2.24) is 5.32 Å². The lowest BCUT2D eigenvalue weighted by atomic mass is 10.1. The molecule has 2 aliphatic heterocycles. The fraction of sp³-hybridized carbons (Fsp3) is 0.357. The topological polar surface area (TPSA) is 86.7 Å². The molecular weight excluding hydrogens is 260 g/mol. The highest BCUT2D eigenvalue weighted by molar-refractivity contribution is 6.01. The molecule has 1 aromatic rings. The molecule has 2 heterocycles. The number of anilines is 1. The molecule has 1 saturated heterocycles. The van der Waals surface area contributed by atoms with Gasteiger partial charge in [0.2, 0.25) is 11.8 Å². The number of hydrogen-bond acceptors (Lipinski definition) is 3. The van der Waals surface area contributed by atoms with Gasteiger partial charge in [-0.15, -0.1) is 0 Å². The molecule has 20 heavy (non-hydrogen) atoms. The Balaban J connectivity index is 1.84. The summed E-state index contributed by atoms with van der Waals surface area (Å²) in [5.41, 5.74) is 1.87. The number of carbonyl (C=O) groups excluding carboxylic acids is 2. The molecule has 0 saturated carbocycles. The number of amides is 2. The summed E-state index contributed by atoms with van der Waals surface area (Å²) in [6.07, 6.45) is 0.883. The minimum Gasteiger partial charge on any atom is -0.478 e. The van der Waals surface area contributed by atoms with E-state index in [1.165, 1.54) is 6.07 Å². The lowest BCUT2D eigenvalue weighted by Gasteiger charge is -2.20. The molecule has 1 atom stereocenters. The first-order chi connectivity index (χ1) is 9.56. The molecule has 0 spiro atoms. The maximum atomic E-state index is 12.4. The Morgan fingerprint density at radius 1 is 1.35 bits per heavy atom. The van der Waals surface area contributed by atoms with Gasteiger partial charge in [0.15, 0.2) is 0 Å². The van der Waals surface area contributed by atoms with Gasteiger partial charge in [-0.1, -0.05) is 0 Å². The Hall–Kier alpha value is -2.37. The van der Waals surface area contributed by atoms with Crippen molar-refractivity contribution in [3.63, 3.8) is 0 Å². The molecule has 0 radical (unpaired) electrons. The molecule has 6 nitrogen and oxygen atoms in total. The number of hydrogen-bond donors (Lipinski definition) is 2. The van der Waals surface area contributed by atoms with E-state index in [1.807, 2.05) is 0 Å². The first kappa shape index (κ1) is 12.7. The van der Waals surface area contributed by atoms with E-state index in [4.69, 9.17) is 5.11 Å². The second-order valence-corrected chi connectivity index (χ2v) is 5.09. The number of nitrogens with zero attached hydrogens (tertiary/aromatic N) is 1. The lowest BCUT2D eigenvalue weighted by molar-refractivity contribution is -0.124. The van der Waals surface area contributed by atoms with Gasteiger partial charge in [-0.25, -0.2) is 4.79 Å². The van der Waals surface area contributed by atoms with Crippen molar-refractivity contribution in [2.24, 2.45) is 5.92 Å². The summed E-state index contributed by atoms with van der Waals surface area (Å²) in [7, 11) is 0. The van der Waals surface area contributed by atoms with Crippen LogP contribution in [0.4, 0.5) is 5.69 Å². The number of fused-ring (bicyclic) bond motifs is 1. The van der Waals surface area contributed by atoms with Crippen LogP contribution in [0.2, 0.25) is 0 Å². The number of carboxylic acid groups (broad SMARTS) is 1. The van der Waals surface area contributed by atoms with Crippen LogP contribution in [0.1, 0.15) is 22.3 Å². The van der Waals surface area contributed by atoms with Crippen molar-refractivity contribution in [2.75, 3.05) is 18.0 Å². The van der Waals surface area contributed by atoms with Crippen LogP contribution in [0.15, 0.2) is 18.2 Å². The van der Waals surface area contributed by atoms with E-state index >= 15 is 0 Å². The third-order valence-electron chi connectivity index (χ3n) is 3.81. The first-order valence-corrected chi connectivity index (χ1v) is 6.50. The molecule has 2 amide bonds. The molecule has 0 aromatic heterocycles. The molecule has 2 aliphatic rings. The Morgan fingerprint density at radius 3 is 2.80 bits per heavy atom. The summed E-state index contributed by atoms with van der Waals surface area (Å²) >= 11 is 0. The second-order valence-electron chi connectivity index (χ2n) is 5.09. The Labute approximate surface area is 115 Å². The fourth-order valence-electron chi connectivity index (χ4n) is 2.76. The zero-order valence-corrected chi connectivity index (χ0v) is 10.8. The van der Waals surface area contributed by atoms with Crippen molar-refractivity contribution < 1.29 is 19.5 Å². The summed E-state index contributed by atoms with van der Waals surface area (Å²) < 4.78 is 0. The summed E-state index contributed by atoms with van der Waals surface area (Å²) in [5.74, 6) is -1.44. The summed E-state index contributed by atoms with van der Waals surface area (Å²) in [6, 6.07) is 4.79. The molecular formula is C14H14N2O4. The number of carbonyl (C=O) groups is 3. The smallest absolute Gasteiger partial charge is 0.335 e. The van der Waals surface area contributed by atoms with Gasteiger partial charge < -0.3 is 15.3 Å². The van der Waals surface area contributed by atoms with Crippen LogP contribution in [-0.2, 0) is 16.0 Å². The van der Waals surface area contributed by atoms with E-state index in [0.29, 0.717) is 19.5 Å². The molecule has 2 N–H and O–H groups in total. The molecule has 1 unspecified atom stereocenters. The van der Waals surface area contributed by atoms with Gasteiger partial charge in [-0.3, -0.25) is 9.59 Å². The number of nitrogens with one attached hydrogen (secondary N) is 1. The zero-order valence-electron chi connectivity index (χ0n) is 10.8. The van der Waals surface area contributed by atoms with Gasteiger partial charge in [0.05, 0.1) is 11.5 Å². The third kappa shape index (κ3) is 2.03. The number of rotatable bonds is 2. The molecule has 1 fully saturated rings. The van der Waals surface area contributed by atoms with E-state index in [9.17, 15) is 14.4 Å². The van der Waals surface area contributed by atoms with Crippen LogP contribution in [0.25, 0.3) is 0 Å². The Morgan fingerprint density at radius 2 is 2.15 bits per heavy atom. The van der Waals surface area contributed by atoms with Crippen LogP contribution in [0.3, 0.4) is 0 Å². The van der Waals surface area contributed by atoms with Crippen LogP contribution in [-0.4, -0.2) is 36.0 Å². The van der Waals surface area contributed by atoms with Crippen LogP contribution < -0.4 is 10.2 Å². The van der Waals surface area contributed by atoms with E-state index in [0.717, 1.165) is 11.3 Å². The van der Waals surface area contributed by atoms with Crippen molar-refractivity contribution >= 4 is 23.5 Å². The number of benzene rings is 1. The highest BCUT2D eigenvalue weighted by atomic mass is 16.4. The van der Waals surface area contributed by atoms with Crippen molar-refractivity contribution in [3.05, 3.63) is 29.3 Å². The zero-order chi connectivity index (χ0) is 14.3. The first-order valence-electron chi connectivity index (χ1n) is 6.50. The van der Waals surface area contributed by atoms with Gasteiger partial charge in [-0.05, 0) is 30.2 Å². The number of aromatic carboxylic acids is 1. The van der Waals surface area contributed by atoms with E-state index in [2.05, 4.69) is 5.32 Å². The molecule has 1 aromatic carbocycles. The highest BCUT2D eigenvalue weighted by Gasteiger charge is 2.34. The molecule has 0 aliphatic carbocycles. The quantitative estimate of drug-likeness (QED) is 0.817. The summed E-state index contributed by atoms with van der Waals surface area (Å²) in [4.78, 5) is 36.2. The van der Waals surface area contributed by atoms with E-state index < -0.39 is 5.97 Å². The van der Waals surface area contributed by atoms with Gasteiger partial charge in [0.1, 0.15) is 0 Å². The summed E-state index contributed by atoms with van der Waals surface area (Å²) in [6.45, 7) is 0.929. The second kappa shape index (κ2) is 4.63. The average molecular weight is 274 g/mol. The minimum atomic E-state index is -0.969. The minimum absolute atomic E-state index is 0.0647. The maximum absolute atomic E-state index is 12.4. The largest absolute Gasteiger partial charge is 0.478 e. The van der Waals surface area contributed by atoms with Crippen molar-refractivity contribution in [2.45, 2.75) is 12.8 Å². The van der Waals surface area contributed by atoms with E-state index in [1.54, 1.807) is 17.0 Å². The Bertz CT molecular complexity index is 611. The Kier molecular flexibility index (Phi) is 2.93. The monoisotopic (exact) mass is 274 g/mol. The average Bonchev–Trinajstić information content (AvgIpc) is 3.03.